The summed E-state index contributed by atoms with van der Waals surface area (Å²) in [4.78, 5) is 26.8. The highest BCUT2D eigenvalue weighted by atomic mass is 16.2. The van der Waals surface area contributed by atoms with Crippen molar-refractivity contribution in [2.24, 2.45) is 0 Å². The van der Waals surface area contributed by atoms with Gasteiger partial charge in [-0.05, 0) is 38.1 Å². The molecule has 0 aliphatic heterocycles. The predicted molar refractivity (Wildman–Crippen MR) is 94.8 cm³/mol. The van der Waals surface area contributed by atoms with E-state index >= 15 is 0 Å². The SMILES string of the molecule is CCN(C(=O)C(C)n1nc(-n2cccn2)ccc1=O)c1ccccc1. The Hall–Kier alpha value is -3.22. The fraction of sp³-hybridized carbons (Fsp3) is 0.222. The predicted octanol–water partition coefficient (Wildman–Crippen LogP) is 2.04. The summed E-state index contributed by atoms with van der Waals surface area (Å²) in [6, 6.07) is 13.4. The molecule has 1 aromatic carbocycles. The average Bonchev–Trinajstić information content (AvgIpc) is 3.17. The summed E-state index contributed by atoms with van der Waals surface area (Å²) in [7, 11) is 0. The normalized spacial score (nSPS) is 11.9. The number of hydrogen-bond donors (Lipinski definition) is 0. The number of amides is 1. The largest absolute Gasteiger partial charge is 0.311 e. The van der Waals surface area contributed by atoms with Gasteiger partial charge in [0.05, 0.1) is 0 Å². The minimum atomic E-state index is -0.733. The molecule has 0 bridgehead atoms. The summed E-state index contributed by atoms with van der Waals surface area (Å²) in [5, 5.41) is 8.41. The molecule has 0 saturated carbocycles. The number of likely N-dealkylation sites (N-methyl/N-ethyl adjacent to an activating group) is 1. The molecule has 2 aromatic heterocycles. The monoisotopic (exact) mass is 337 g/mol. The van der Waals surface area contributed by atoms with Gasteiger partial charge in [-0.15, -0.1) is 5.10 Å². The van der Waals surface area contributed by atoms with E-state index < -0.39 is 6.04 Å². The Morgan fingerprint density at radius 2 is 1.92 bits per heavy atom. The number of para-hydroxylation sites is 1. The van der Waals surface area contributed by atoms with Gasteiger partial charge in [-0.2, -0.15) is 5.10 Å². The van der Waals surface area contributed by atoms with Gasteiger partial charge in [-0.3, -0.25) is 9.59 Å². The Morgan fingerprint density at radius 3 is 2.56 bits per heavy atom. The van der Waals surface area contributed by atoms with Gasteiger partial charge in [0.2, 0.25) is 0 Å². The standard InChI is InChI=1S/C18H19N5O2/c1-3-21(15-8-5-4-6-9-15)18(25)14(2)23-17(24)11-10-16(20-23)22-13-7-12-19-22/h4-14H,3H2,1-2H3. The Morgan fingerprint density at radius 1 is 1.16 bits per heavy atom. The molecule has 2 heterocycles. The van der Waals surface area contributed by atoms with E-state index in [2.05, 4.69) is 10.2 Å². The van der Waals surface area contributed by atoms with Crippen LogP contribution in [-0.2, 0) is 4.79 Å². The number of aromatic nitrogens is 4. The summed E-state index contributed by atoms with van der Waals surface area (Å²) < 4.78 is 2.74. The van der Waals surface area contributed by atoms with Crippen LogP contribution in [0, 0.1) is 0 Å². The first-order valence-electron chi connectivity index (χ1n) is 8.08. The highest BCUT2D eigenvalue weighted by Crippen LogP contribution is 2.17. The second-order valence-electron chi connectivity index (χ2n) is 5.52. The third-order valence-electron chi connectivity index (χ3n) is 3.92. The van der Waals surface area contributed by atoms with Gasteiger partial charge >= 0.3 is 0 Å². The first-order chi connectivity index (χ1) is 12.1. The molecule has 25 heavy (non-hydrogen) atoms. The van der Waals surface area contributed by atoms with Crippen molar-refractivity contribution in [3.8, 4) is 5.82 Å². The lowest BCUT2D eigenvalue weighted by Gasteiger charge is -2.25. The Kier molecular flexibility index (Phi) is 4.74. The van der Waals surface area contributed by atoms with Crippen LogP contribution >= 0.6 is 0 Å². The molecule has 7 heteroatoms. The van der Waals surface area contributed by atoms with E-state index in [9.17, 15) is 9.59 Å². The number of carbonyl (C=O) groups is 1. The van der Waals surface area contributed by atoms with Crippen LogP contribution in [0.15, 0.2) is 65.7 Å². The van der Waals surface area contributed by atoms with Crippen LogP contribution in [0.2, 0.25) is 0 Å². The molecule has 0 fully saturated rings. The summed E-state index contributed by atoms with van der Waals surface area (Å²) in [6.07, 6.45) is 3.35. The minimum absolute atomic E-state index is 0.194. The molecule has 0 saturated heterocycles. The Bertz CT molecular complexity index is 903. The summed E-state index contributed by atoms with van der Waals surface area (Å²) in [5.74, 6) is 0.285. The molecule has 0 radical (unpaired) electrons. The smallest absolute Gasteiger partial charge is 0.267 e. The molecular formula is C18H19N5O2. The van der Waals surface area contributed by atoms with Crippen molar-refractivity contribution in [1.29, 1.82) is 0 Å². The molecule has 1 amide bonds. The van der Waals surface area contributed by atoms with Crippen molar-refractivity contribution in [3.63, 3.8) is 0 Å². The van der Waals surface area contributed by atoms with E-state index in [4.69, 9.17) is 0 Å². The van der Waals surface area contributed by atoms with E-state index in [1.54, 1.807) is 41.0 Å². The second kappa shape index (κ2) is 7.12. The fourth-order valence-corrected chi connectivity index (χ4v) is 2.62. The molecule has 1 unspecified atom stereocenters. The van der Waals surface area contributed by atoms with Gasteiger partial charge in [0.1, 0.15) is 6.04 Å². The first kappa shape index (κ1) is 16.6. The lowest BCUT2D eigenvalue weighted by Crippen LogP contribution is -2.40. The first-order valence-corrected chi connectivity index (χ1v) is 8.08. The number of carbonyl (C=O) groups excluding carboxylic acids is 1. The van der Waals surface area contributed by atoms with Gasteiger partial charge in [0.25, 0.3) is 11.5 Å². The Balaban J connectivity index is 1.94. The van der Waals surface area contributed by atoms with Crippen molar-refractivity contribution < 1.29 is 4.79 Å². The van der Waals surface area contributed by atoms with E-state index in [1.807, 2.05) is 37.3 Å². The van der Waals surface area contributed by atoms with Crippen molar-refractivity contribution in [3.05, 3.63) is 71.3 Å². The average molecular weight is 337 g/mol. The van der Waals surface area contributed by atoms with Crippen LogP contribution in [0.25, 0.3) is 5.82 Å². The second-order valence-corrected chi connectivity index (χ2v) is 5.52. The van der Waals surface area contributed by atoms with E-state index in [1.165, 1.54) is 10.7 Å². The zero-order chi connectivity index (χ0) is 17.8. The van der Waals surface area contributed by atoms with Crippen LogP contribution in [0.1, 0.15) is 19.9 Å². The van der Waals surface area contributed by atoms with Crippen LogP contribution < -0.4 is 10.5 Å². The topological polar surface area (TPSA) is 73.0 Å². The lowest BCUT2D eigenvalue weighted by molar-refractivity contribution is -0.121. The van der Waals surface area contributed by atoms with Gasteiger partial charge in [0.15, 0.2) is 5.82 Å². The van der Waals surface area contributed by atoms with Gasteiger partial charge in [-0.25, -0.2) is 9.36 Å². The van der Waals surface area contributed by atoms with E-state index in [0.717, 1.165) is 5.69 Å². The molecule has 3 rings (SSSR count). The Labute approximate surface area is 145 Å². The van der Waals surface area contributed by atoms with Crippen LogP contribution in [0.3, 0.4) is 0 Å². The van der Waals surface area contributed by atoms with Gasteiger partial charge in [-0.1, -0.05) is 18.2 Å². The van der Waals surface area contributed by atoms with Crippen molar-refractivity contribution >= 4 is 11.6 Å². The number of hydrogen-bond acceptors (Lipinski definition) is 4. The quantitative estimate of drug-likeness (QED) is 0.714. The molecule has 1 atom stereocenters. The number of benzene rings is 1. The molecular weight excluding hydrogens is 318 g/mol. The maximum absolute atomic E-state index is 12.9. The van der Waals surface area contributed by atoms with Gasteiger partial charge in [0, 0.05) is 30.7 Å². The molecule has 128 valence electrons. The zero-order valence-corrected chi connectivity index (χ0v) is 14.1. The lowest BCUT2D eigenvalue weighted by atomic mass is 10.2. The number of nitrogens with zero attached hydrogens (tertiary/aromatic N) is 5. The van der Waals surface area contributed by atoms with Crippen molar-refractivity contribution in [1.82, 2.24) is 19.6 Å². The fourth-order valence-electron chi connectivity index (χ4n) is 2.62. The molecule has 0 spiro atoms. The van der Waals surface area contributed by atoms with Crippen LogP contribution in [0.5, 0.6) is 0 Å². The molecule has 3 aromatic rings. The third kappa shape index (κ3) is 3.35. The van der Waals surface area contributed by atoms with Gasteiger partial charge < -0.3 is 4.90 Å². The van der Waals surface area contributed by atoms with Crippen LogP contribution in [-0.4, -0.2) is 32.0 Å². The molecule has 0 aliphatic rings. The highest BCUT2D eigenvalue weighted by molar-refractivity contribution is 5.95. The third-order valence-corrected chi connectivity index (χ3v) is 3.92. The summed E-state index contributed by atoms with van der Waals surface area (Å²) in [5.41, 5.74) is 0.457. The summed E-state index contributed by atoms with van der Waals surface area (Å²) in [6.45, 7) is 4.07. The highest BCUT2D eigenvalue weighted by Gasteiger charge is 2.24. The van der Waals surface area contributed by atoms with Crippen molar-refractivity contribution in [2.75, 3.05) is 11.4 Å². The van der Waals surface area contributed by atoms with Crippen molar-refractivity contribution in [2.45, 2.75) is 19.9 Å². The number of rotatable bonds is 5. The van der Waals surface area contributed by atoms with E-state index in [0.29, 0.717) is 12.4 Å². The number of anilines is 1. The summed E-state index contributed by atoms with van der Waals surface area (Å²) >= 11 is 0. The van der Waals surface area contributed by atoms with E-state index in [-0.39, 0.29) is 11.5 Å². The molecule has 0 aliphatic carbocycles. The molecule has 0 N–H and O–H groups in total. The minimum Gasteiger partial charge on any atom is -0.311 e. The molecule has 7 nitrogen and oxygen atoms in total. The maximum Gasteiger partial charge on any atom is 0.267 e. The maximum atomic E-state index is 12.9. The zero-order valence-electron chi connectivity index (χ0n) is 14.1. The van der Waals surface area contributed by atoms with Crippen LogP contribution in [0.4, 0.5) is 5.69 Å².